The van der Waals surface area contributed by atoms with E-state index >= 15 is 0 Å². The van der Waals surface area contributed by atoms with Gasteiger partial charge in [0.25, 0.3) is 0 Å². The minimum Gasteiger partial charge on any atom is -0.497 e. The molecule has 0 saturated carbocycles. The number of hydrogen-bond donors (Lipinski definition) is 1. The highest BCUT2D eigenvalue weighted by Crippen LogP contribution is 2.15. The maximum absolute atomic E-state index is 5.73. The van der Waals surface area contributed by atoms with E-state index in [2.05, 4.69) is 0 Å². The van der Waals surface area contributed by atoms with Gasteiger partial charge in [-0.1, -0.05) is 36.5 Å². The zero-order chi connectivity index (χ0) is 15.1. The minimum atomic E-state index is 0.503. The second-order valence-corrected chi connectivity index (χ2v) is 5.26. The number of methoxy groups -OCH3 is 1. The van der Waals surface area contributed by atoms with Gasteiger partial charge in [-0.15, -0.1) is 0 Å². The predicted molar refractivity (Wildman–Crippen MR) is 89.1 cm³/mol. The molecule has 0 amide bonds. The summed E-state index contributed by atoms with van der Waals surface area (Å²) >= 11 is 4.89. The number of hydrogen-bond acceptors (Lipinski definition) is 3. The van der Waals surface area contributed by atoms with Crippen LogP contribution in [0.4, 0.5) is 0 Å². The lowest BCUT2D eigenvalue weighted by atomic mass is 10.1. The number of benzene rings is 2. The second kappa shape index (κ2) is 7.64. The van der Waals surface area contributed by atoms with Gasteiger partial charge in [-0.3, -0.25) is 0 Å². The van der Waals surface area contributed by atoms with E-state index in [4.69, 9.17) is 27.4 Å². The maximum Gasteiger partial charge on any atom is 0.119 e. The molecule has 110 valence electrons. The number of nitrogens with two attached hydrogens (primary N) is 1. The van der Waals surface area contributed by atoms with Crippen molar-refractivity contribution in [2.75, 3.05) is 13.7 Å². The fourth-order valence-electron chi connectivity index (χ4n) is 1.98. The number of rotatable bonds is 7. The summed E-state index contributed by atoms with van der Waals surface area (Å²) in [6.07, 6.45) is 1.49. The lowest BCUT2D eigenvalue weighted by Gasteiger charge is -2.08. The molecule has 0 aliphatic heterocycles. The van der Waals surface area contributed by atoms with E-state index in [9.17, 15) is 0 Å². The van der Waals surface area contributed by atoms with Gasteiger partial charge < -0.3 is 15.2 Å². The van der Waals surface area contributed by atoms with Crippen molar-refractivity contribution in [1.29, 1.82) is 0 Å². The first kappa shape index (κ1) is 15.3. The molecule has 0 aliphatic rings. The van der Waals surface area contributed by atoms with Gasteiger partial charge in [0.15, 0.2) is 0 Å². The summed E-state index contributed by atoms with van der Waals surface area (Å²) in [5.41, 5.74) is 7.84. The Labute approximate surface area is 130 Å². The van der Waals surface area contributed by atoms with Crippen molar-refractivity contribution in [3.05, 3.63) is 59.7 Å². The maximum atomic E-state index is 5.73. The van der Waals surface area contributed by atoms with Gasteiger partial charge in [-0.25, -0.2) is 0 Å². The average molecular weight is 301 g/mol. The van der Waals surface area contributed by atoms with Crippen LogP contribution in [0.15, 0.2) is 48.5 Å². The molecule has 0 aromatic heterocycles. The molecule has 2 N–H and O–H groups in total. The van der Waals surface area contributed by atoms with Crippen LogP contribution >= 0.6 is 12.2 Å². The lowest BCUT2D eigenvalue weighted by Crippen LogP contribution is -2.10. The Kier molecular flexibility index (Phi) is 5.58. The number of ether oxygens (including phenoxy) is 2. The van der Waals surface area contributed by atoms with Crippen LogP contribution in [0, 0.1) is 0 Å². The summed E-state index contributed by atoms with van der Waals surface area (Å²) in [5, 5.41) is 0. The van der Waals surface area contributed by atoms with Crippen LogP contribution in [0.5, 0.6) is 11.5 Å². The molecular weight excluding hydrogens is 282 g/mol. The third-order valence-electron chi connectivity index (χ3n) is 3.12. The molecule has 0 fully saturated rings. The van der Waals surface area contributed by atoms with Crippen molar-refractivity contribution < 1.29 is 9.47 Å². The summed E-state index contributed by atoms with van der Waals surface area (Å²) in [6.45, 7) is 0.640. The van der Waals surface area contributed by atoms with Crippen molar-refractivity contribution in [1.82, 2.24) is 0 Å². The fraction of sp³-hybridized carbons (Fsp3) is 0.235. The van der Waals surface area contributed by atoms with E-state index in [0.717, 1.165) is 23.5 Å². The third-order valence-corrected chi connectivity index (χ3v) is 3.26. The van der Waals surface area contributed by atoms with E-state index < -0.39 is 0 Å². The largest absolute Gasteiger partial charge is 0.497 e. The first-order valence-electron chi connectivity index (χ1n) is 6.80. The van der Waals surface area contributed by atoms with Gasteiger partial charge in [0.2, 0.25) is 0 Å². The molecule has 3 nitrogen and oxygen atoms in total. The van der Waals surface area contributed by atoms with Gasteiger partial charge in [-0.2, -0.15) is 0 Å². The van der Waals surface area contributed by atoms with Gasteiger partial charge in [0, 0.05) is 12.8 Å². The van der Waals surface area contributed by atoms with E-state index in [1.54, 1.807) is 7.11 Å². The van der Waals surface area contributed by atoms with Crippen LogP contribution in [0.25, 0.3) is 0 Å². The third kappa shape index (κ3) is 5.08. The molecule has 0 aliphatic carbocycles. The van der Waals surface area contributed by atoms with E-state index in [1.165, 1.54) is 5.56 Å². The second-order valence-electron chi connectivity index (χ2n) is 4.73. The van der Waals surface area contributed by atoms with Gasteiger partial charge in [0.05, 0.1) is 18.7 Å². The molecule has 0 saturated heterocycles. The molecule has 2 aromatic rings. The predicted octanol–water partition coefficient (Wildman–Crippen LogP) is 3.15. The SMILES string of the molecule is COc1ccc(CCOc2ccc(CC(N)=S)cc2)cc1. The molecule has 0 unspecified atom stereocenters. The molecular formula is C17H19NO2S. The highest BCUT2D eigenvalue weighted by Gasteiger charge is 1.99. The van der Waals surface area contributed by atoms with Crippen LogP contribution in [0.3, 0.4) is 0 Å². The first-order chi connectivity index (χ1) is 10.2. The summed E-state index contributed by atoms with van der Waals surface area (Å²) in [6, 6.07) is 15.9. The summed E-state index contributed by atoms with van der Waals surface area (Å²) < 4.78 is 10.9. The molecule has 4 heteroatoms. The van der Waals surface area contributed by atoms with Crippen LogP contribution in [0.1, 0.15) is 11.1 Å². The van der Waals surface area contributed by atoms with Crippen molar-refractivity contribution in [3.8, 4) is 11.5 Å². The molecule has 2 aromatic carbocycles. The Morgan fingerprint density at radius 2 is 1.52 bits per heavy atom. The summed E-state index contributed by atoms with van der Waals surface area (Å²) in [5.74, 6) is 1.73. The Morgan fingerprint density at radius 1 is 0.952 bits per heavy atom. The normalized spacial score (nSPS) is 10.1. The highest BCUT2D eigenvalue weighted by atomic mass is 32.1. The Bertz CT molecular complexity index is 579. The Balaban J connectivity index is 1.81. The monoisotopic (exact) mass is 301 g/mol. The first-order valence-corrected chi connectivity index (χ1v) is 7.21. The van der Waals surface area contributed by atoms with E-state index in [-0.39, 0.29) is 0 Å². The molecule has 0 spiro atoms. The quantitative estimate of drug-likeness (QED) is 0.798. The molecule has 2 rings (SSSR count). The van der Waals surface area contributed by atoms with Crippen molar-refractivity contribution >= 4 is 17.2 Å². The minimum absolute atomic E-state index is 0.503. The average Bonchev–Trinajstić information content (AvgIpc) is 2.49. The van der Waals surface area contributed by atoms with Crippen molar-refractivity contribution in [3.63, 3.8) is 0 Å². The molecule has 0 heterocycles. The zero-order valence-corrected chi connectivity index (χ0v) is 12.9. The lowest BCUT2D eigenvalue weighted by molar-refractivity contribution is 0.322. The van der Waals surface area contributed by atoms with Crippen LogP contribution in [-0.2, 0) is 12.8 Å². The Morgan fingerprint density at radius 3 is 2.10 bits per heavy atom. The Hall–Kier alpha value is -2.07. The van der Waals surface area contributed by atoms with E-state index in [0.29, 0.717) is 18.0 Å². The molecule has 21 heavy (non-hydrogen) atoms. The summed E-state index contributed by atoms with van der Waals surface area (Å²) in [4.78, 5) is 0.503. The van der Waals surface area contributed by atoms with Crippen LogP contribution in [0.2, 0.25) is 0 Å². The van der Waals surface area contributed by atoms with Gasteiger partial charge >= 0.3 is 0 Å². The van der Waals surface area contributed by atoms with Gasteiger partial charge in [-0.05, 0) is 35.4 Å². The standard InChI is InChI=1S/C17H19NO2S/c1-19-15-6-2-13(3-7-15)10-11-20-16-8-4-14(5-9-16)12-17(18)21/h2-9H,10-12H2,1H3,(H2,18,21). The van der Waals surface area contributed by atoms with Crippen LogP contribution < -0.4 is 15.2 Å². The van der Waals surface area contributed by atoms with E-state index in [1.807, 2.05) is 48.5 Å². The highest BCUT2D eigenvalue weighted by molar-refractivity contribution is 7.80. The molecule has 0 atom stereocenters. The van der Waals surface area contributed by atoms with Crippen molar-refractivity contribution in [2.24, 2.45) is 5.73 Å². The molecule has 0 radical (unpaired) electrons. The fourth-order valence-corrected chi connectivity index (χ4v) is 2.15. The van der Waals surface area contributed by atoms with Crippen LogP contribution in [-0.4, -0.2) is 18.7 Å². The zero-order valence-electron chi connectivity index (χ0n) is 12.0. The van der Waals surface area contributed by atoms with Gasteiger partial charge in [0.1, 0.15) is 11.5 Å². The topological polar surface area (TPSA) is 44.5 Å². The smallest absolute Gasteiger partial charge is 0.119 e. The van der Waals surface area contributed by atoms with Crippen molar-refractivity contribution in [2.45, 2.75) is 12.8 Å². The molecule has 0 bridgehead atoms. The summed E-state index contributed by atoms with van der Waals surface area (Å²) in [7, 11) is 1.67. The number of thiocarbonyl (C=S) groups is 1.